The Morgan fingerprint density at radius 3 is 2.67 bits per heavy atom. The van der Waals surface area contributed by atoms with Crippen molar-refractivity contribution in [1.82, 2.24) is 4.98 Å². The smallest absolute Gasteiger partial charge is 0.357 e. The van der Waals surface area contributed by atoms with E-state index in [1.807, 2.05) is 42.5 Å². The molecule has 0 unspecified atom stereocenters. The van der Waals surface area contributed by atoms with E-state index in [-0.39, 0.29) is 0 Å². The summed E-state index contributed by atoms with van der Waals surface area (Å²) < 4.78 is 10.4. The first kappa shape index (κ1) is 13.4. The van der Waals surface area contributed by atoms with Gasteiger partial charge in [0.1, 0.15) is 5.75 Å². The summed E-state index contributed by atoms with van der Waals surface area (Å²) in [6.45, 7) is 2.10. The van der Waals surface area contributed by atoms with Crippen molar-refractivity contribution >= 4 is 27.6 Å². The van der Waals surface area contributed by atoms with Crippen LogP contribution < -0.4 is 4.74 Å². The van der Waals surface area contributed by atoms with E-state index in [0.717, 1.165) is 21.7 Å². The first-order valence-corrected chi connectivity index (χ1v) is 6.78. The van der Waals surface area contributed by atoms with Crippen LogP contribution in [0.3, 0.4) is 0 Å². The van der Waals surface area contributed by atoms with E-state index in [2.05, 4.69) is 4.98 Å². The van der Waals surface area contributed by atoms with Crippen LogP contribution >= 0.6 is 0 Å². The number of benzene rings is 2. The molecule has 0 amide bonds. The zero-order valence-corrected chi connectivity index (χ0v) is 11.9. The SMILES string of the molecule is CCOC(=O)c1nc2ccccc2c2ccc(OC)cc12. The van der Waals surface area contributed by atoms with Crippen LogP contribution in [0, 0.1) is 0 Å². The lowest BCUT2D eigenvalue weighted by Crippen LogP contribution is -2.08. The minimum atomic E-state index is -0.415. The molecule has 3 aromatic rings. The van der Waals surface area contributed by atoms with Gasteiger partial charge in [0.15, 0.2) is 5.69 Å². The third kappa shape index (κ3) is 2.29. The lowest BCUT2D eigenvalue weighted by atomic mass is 10.0. The first-order chi connectivity index (χ1) is 10.2. The first-order valence-electron chi connectivity index (χ1n) is 6.78. The van der Waals surface area contributed by atoms with Crippen molar-refractivity contribution in [3.05, 3.63) is 48.2 Å². The van der Waals surface area contributed by atoms with Crippen molar-refractivity contribution in [1.29, 1.82) is 0 Å². The van der Waals surface area contributed by atoms with Crippen LogP contribution in [-0.2, 0) is 4.74 Å². The van der Waals surface area contributed by atoms with E-state index >= 15 is 0 Å². The Hall–Kier alpha value is -2.62. The highest BCUT2D eigenvalue weighted by Gasteiger charge is 2.16. The van der Waals surface area contributed by atoms with Gasteiger partial charge in [0.2, 0.25) is 0 Å². The highest BCUT2D eigenvalue weighted by Crippen LogP contribution is 2.29. The van der Waals surface area contributed by atoms with E-state index in [9.17, 15) is 4.79 Å². The Morgan fingerprint density at radius 1 is 1.10 bits per heavy atom. The maximum absolute atomic E-state index is 12.2. The molecule has 1 heterocycles. The van der Waals surface area contributed by atoms with Gasteiger partial charge in [0.25, 0.3) is 0 Å². The predicted molar refractivity (Wildman–Crippen MR) is 81.8 cm³/mol. The van der Waals surface area contributed by atoms with Crippen molar-refractivity contribution in [3.63, 3.8) is 0 Å². The summed E-state index contributed by atoms with van der Waals surface area (Å²) in [5.74, 6) is 0.270. The van der Waals surface area contributed by atoms with Gasteiger partial charge in [0.05, 0.1) is 19.2 Å². The molecule has 0 saturated carbocycles. The fraction of sp³-hybridized carbons (Fsp3) is 0.176. The maximum atomic E-state index is 12.2. The largest absolute Gasteiger partial charge is 0.497 e. The summed E-state index contributed by atoms with van der Waals surface area (Å²) in [5.41, 5.74) is 1.10. The Balaban J connectivity index is 2.38. The summed E-state index contributed by atoms with van der Waals surface area (Å²) in [6.07, 6.45) is 0. The van der Waals surface area contributed by atoms with Crippen LogP contribution in [0.2, 0.25) is 0 Å². The zero-order chi connectivity index (χ0) is 14.8. The van der Waals surface area contributed by atoms with Gasteiger partial charge in [-0.15, -0.1) is 0 Å². The molecule has 0 saturated heterocycles. The molecule has 106 valence electrons. The van der Waals surface area contributed by atoms with E-state index in [4.69, 9.17) is 9.47 Å². The Morgan fingerprint density at radius 2 is 1.90 bits per heavy atom. The average molecular weight is 281 g/mol. The van der Waals surface area contributed by atoms with Crippen LogP contribution in [0.5, 0.6) is 5.75 Å². The number of fused-ring (bicyclic) bond motifs is 3. The van der Waals surface area contributed by atoms with Gasteiger partial charge in [-0.05, 0) is 36.6 Å². The summed E-state index contributed by atoms with van der Waals surface area (Å²) >= 11 is 0. The van der Waals surface area contributed by atoms with Crippen LogP contribution in [0.25, 0.3) is 21.7 Å². The minimum absolute atomic E-state index is 0.318. The Kier molecular flexibility index (Phi) is 3.44. The molecule has 0 bridgehead atoms. The fourth-order valence-corrected chi connectivity index (χ4v) is 2.42. The van der Waals surface area contributed by atoms with E-state index in [1.54, 1.807) is 14.0 Å². The summed E-state index contributed by atoms with van der Waals surface area (Å²) in [5, 5.41) is 2.71. The number of pyridine rings is 1. The van der Waals surface area contributed by atoms with E-state index in [0.29, 0.717) is 18.1 Å². The molecule has 0 aliphatic rings. The van der Waals surface area contributed by atoms with Crippen molar-refractivity contribution in [2.45, 2.75) is 6.92 Å². The van der Waals surface area contributed by atoms with Crippen LogP contribution in [-0.4, -0.2) is 24.7 Å². The molecule has 0 N–H and O–H groups in total. The number of esters is 1. The molecular weight excluding hydrogens is 266 g/mol. The monoisotopic (exact) mass is 281 g/mol. The highest BCUT2D eigenvalue weighted by atomic mass is 16.5. The van der Waals surface area contributed by atoms with Gasteiger partial charge in [-0.3, -0.25) is 0 Å². The number of rotatable bonds is 3. The van der Waals surface area contributed by atoms with Crippen molar-refractivity contribution in [3.8, 4) is 5.75 Å². The maximum Gasteiger partial charge on any atom is 0.357 e. The Bertz CT molecular complexity index is 827. The minimum Gasteiger partial charge on any atom is -0.497 e. The van der Waals surface area contributed by atoms with Gasteiger partial charge in [-0.25, -0.2) is 9.78 Å². The molecule has 4 nitrogen and oxygen atoms in total. The third-order valence-corrected chi connectivity index (χ3v) is 3.38. The number of ether oxygens (including phenoxy) is 2. The number of aromatic nitrogens is 1. The number of methoxy groups -OCH3 is 1. The molecule has 0 aliphatic carbocycles. The van der Waals surface area contributed by atoms with Crippen LogP contribution in [0.4, 0.5) is 0 Å². The second-order valence-electron chi connectivity index (χ2n) is 4.61. The molecule has 0 aliphatic heterocycles. The zero-order valence-electron chi connectivity index (χ0n) is 11.9. The molecule has 0 spiro atoms. The standard InChI is InChI=1S/C17H15NO3/c1-3-21-17(19)16-14-10-11(20-2)8-9-12(14)13-6-4-5-7-15(13)18-16/h4-10H,3H2,1-2H3. The topological polar surface area (TPSA) is 48.4 Å². The number of para-hydroxylation sites is 1. The van der Waals surface area contributed by atoms with Gasteiger partial charge in [-0.2, -0.15) is 0 Å². The number of carbonyl (C=O) groups excluding carboxylic acids is 1. The van der Waals surface area contributed by atoms with Crippen LogP contribution in [0.1, 0.15) is 17.4 Å². The molecular formula is C17H15NO3. The predicted octanol–water partition coefficient (Wildman–Crippen LogP) is 3.57. The van der Waals surface area contributed by atoms with Gasteiger partial charge in [-0.1, -0.05) is 18.2 Å². The molecule has 4 heteroatoms. The van der Waals surface area contributed by atoms with Gasteiger partial charge >= 0.3 is 5.97 Å². The molecule has 0 fully saturated rings. The highest BCUT2D eigenvalue weighted by molar-refractivity contribution is 6.13. The van der Waals surface area contributed by atoms with E-state index in [1.165, 1.54) is 0 Å². The lowest BCUT2D eigenvalue weighted by Gasteiger charge is -2.10. The van der Waals surface area contributed by atoms with Gasteiger partial charge in [0, 0.05) is 10.8 Å². The lowest BCUT2D eigenvalue weighted by molar-refractivity contribution is 0.0522. The fourth-order valence-electron chi connectivity index (χ4n) is 2.42. The normalized spacial score (nSPS) is 10.8. The Labute approximate surface area is 122 Å². The van der Waals surface area contributed by atoms with Crippen molar-refractivity contribution in [2.24, 2.45) is 0 Å². The average Bonchev–Trinajstić information content (AvgIpc) is 2.53. The summed E-state index contributed by atoms with van der Waals surface area (Å²) in [7, 11) is 1.60. The second kappa shape index (κ2) is 5.40. The molecule has 0 radical (unpaired) electrons. The molecule has 3 rings (SSSR count). The van der Waals surface area contributed by atoms with Crippen LogP contribution in [0.15, 0.2) is 42.5 Å². The number of carbonyl (C=O) groups is 1. The number of hydrogen-bond donors (Lipinski definition) is 0. The second-order valence-corrected chi connectivity index (χ2v) is 4.61. The molecule has 1 aromatic heterocycles. The van der Waals surface area contributed by atoms with Gasteiger partial charge < -0.3 is 9.47 Å². The third-order valence-electron chi connectivity index (χ3n) is 3.38. The molecule has 21 heavy (non-hydrogen) atoms. The summed E-state index contributed by atoms with van der Waals surface area (Å²) in [4.78, 5) is 16.6. The summed E-state index contributed by atoms with van der Waals surface area (Å²) in [6, 6.07) is 13.4. The van der Waals surface area contributed by atoms with Crippen molar-refractivity contribution < 1.29 is 14.3 Å². The quantitative estimate of drug-likeness (QED) is 0.544. The number of hydrogen-bond acceptors (Lipinski definition) is 4. The van der Waals surface area contributed by atoms with E-state index < -0.39 is 5.97 Å². The number of nitrogens with zero attached hydrogens (tertiary/aromatic N) is 1. The molecule has 2 aromatic carbocycles. The molecule has 0 atom stereocenters. The van der Waals surface area contributed by atoms with Crippen molar-refractivity contribution in [2.75, 3.05) is 13.7 Å².